The molecule has 0 saturated carbocycles. The van der Waals surface area contributed by atoms with Gasteiger partial charge in [-0.1, -0.05) is 32.5 Å². The van der Waals surface area contributed by atoms with Gasteiger partial charge in [0.05, 0.1) is 0 Å². The Bertz CT molecular complexity index is 401. The average molecular weight is 312 g/mol. The molecule has 0 aliphatic heterocycles. The SMILES string of the molecule is CCCNc1cc(NCCCOCC(C)C)nc(SC)n1. The summed E-state index contributed by atoms with van der Waals surface area (Å²) in [4.78, 5) is 8.91. The van der Waals surface area contributed by atoms with Crippen LogP contribution in [0.15, 0.2) is 11.2 Å². The molecule has 0 bridgehead atoms. The van der Waals surface area contributed by atoms with E-state index < -0.39 is 0 Å². The van der Waals surface area contributed by atoms with Crippen molar-refractivity contribution in [1.29, 1.82) is 0 Å². The van der Waals surface area contributed by atoms with Gasteiger partial charge >= 0.3 is 0 Å². The van der Waals surface area contributed by atoms with Crippen LogP contribution in [0.1, 0.15) is 33.6 Å². The lowest BCUT2D eigenvalue weighted by Crippen LogP contribution is -2.10. The zero-order chi connectivity index (χ0) is 15.5. The minimum absolute atomic E-state index is 0.594. The largest absolute Gasteiger partial charge is 0.381 e. The third kappa shape index (κ3) is 8.12. The average Bonchev–Trinajstić information content (AvgIpc) is 2.48. The molecule has 6 heteroatoms. The van der Waals surface area contributed by atoms with E-state index in [1.807, 2.05) is 12.3 Å². The molecule has 2 N–H and O–H groups in total. The lowest BCUT2D eigenvalue weighted by Gasteiger charge is -2.11. The van der Waals surface area contributed by atoms with Gasteiger partial charge in [0.15, 0.2) is 5.16 Å². The Morgan fingerprint density at radius 3 is 2.43 bits per heavy atom. The molecule has 0 fully saturated rings. The Balaban J connectivity index is 2.39. The van der Waals surface area contributed by atoms with Crippen LogP contribution in [0.4, 0.5) is 11.6 Å². The summed E-state index contributed by atoms with van der Waals surface area (Å²) in [6.45, 7) is 9.85. The van der Waals surface area contributed by atoms with Gasteiger partial charge in [-0.3, -0.25) is 0 Å². The van der Waals surface area contributed by atoms with Crippen molar-refractivity contribution in [2.45, 2.75) is 38.8 Å². The molecule has 1 aromatic rings. The molecule has 1 rings (SSSR count). The monoisotopic (exact) mass is 312 g/mol. The number of hydrogen-bond donors (Lipinski definition) is 2. The molecule has 0 atom stereocenters. The number of hydrogen-bond acceptors (Lipinski definition) is 6. The minimum Gasteiger partial charge on any atom is -0.381 e. The third-order valence-electron chi connectivity index (χ3n) is 2.67. The molecule has 1 heterocycles. The predicted octanol–water partition coefficient (Wildman–Crippen LogP) is 3.50. The molecule has 1 aromatic heterocycles. The molecule has 120 valence electrons. The number of nitrogens with zero attached hydrogens (tertiary/aromatic N) is 2. The fraction of sp³-hybridized carbons (Fsp3) is 0.733. The first kappa shape index (κ1) is 18.0. The molecule has 0 aliphatic rings. The van der Waals surface area contributed by atoms with Crippen molar-refractivity contribution in [3.8, 4) is 0 Å². The second kappa shape index (κ2) is 10.7. The smallest absolute Gasteiger partial charge is 0.191 e. The highest BCUT2D eigenvalue weighted by Crippen LogP contribution is 2.17. The summed E-state index contributed by atoms with van der Waals surface area (Å²) < 4.78 is 5.57. The maximum atomic E-state index is 5.57. The van der Waals surface area contributed by atoms with Gasteiger partial charge in [0.2, 0.25) is 0 Å². The summed E-state index contributed by atoms with van der Waals surface area (Å²) in [7, 11) is 0. The summed E-state index contributed by atoms with van der Waals surface area (Å²) in [6, 6.07) is 1.96. The van der Waals surface area contributed by atoms with Crippen LogP contribution < -0.4 is 10.6 Å². The Kier molecular flexibility index (Phi) is 9.17. The summed E-state index contributed by atoms with van der Waals surface area (Å²) in [5.41, 5.74) is 0. The molecule has 5 nitrogen and oxygen atoms in total. The summed E-state index contributed by atoms with van der Waals surface area (Å²) in [5, 5.41) is 7.43. The van der Waals surface area contributed by atoms with E-state index in [1.54, 1.807) is 11.8 Å². The molecule has 0 saturated heterocycles. The molecular weight excluding hydrogens is 284 g/mol. The van der Waals surface area contributed by atoms with Gasteiger partial charge in [-0.25, -0.2) is 9.97 Å². The van der Waals surface area contributed by atoms with E-state index in [0.717, 1.165) is 55.9 Å². The summed E-state index contributed by atoms with van der Waals surface area (Å²) >= 11 is 1.55. The molecule has 0 radical (unpaired) electrons. The van der Waals surface area contributed by atoms with Gasteiger partial charge in [-0.2, -0.15) is 0 Å². The molecule has 0 amide bonds. The van der Waals surface area contributed by atoms with Crippen LogP contribution in [-0.4, -0.2) is 42.5 Å². The highest BCUT2D eigenvalue weighted by atomic mass is 32.2. The van der Waals surface area contributed by atoms with Gasteiger partial charge in [-0.05, 0) is 25.0 Å². The Labute approximate surface area is 132 Å². The highest BCUT2D eigenvalue weighted by Gasteiger charge is 2.03. The minimum atomic E-state index is 0.594. The first-order chi connectivity index (χ1) is 10.2. The van der Waals surface area contributed by atoms with Crippen molar-refractivity contribution in [2.75, 3.05) is 43.2 Å². The summed E-state index contributed by atoms with van der Waals surface area (Å²) in [5.74, 6) is 2.35. The van der Waals surface area contributed by atoms with Crippen LogP contribution in [0.5, 0.6) is 0 Å². The van der Waals surface area contributed by atoms with Gasteiger partial charge in [0, 0.05) is 32.4 Å². The van der Waals surface area contributed by atoms with Crippen LogP contribution in [0.2, 0.25) is 0 Å². The molecular formula is C15H28N4OS. The van der Waals surface area contributed by atoms with E-state index in [2.05, 4.69) is 41.4 Å². The van der Waals surface area contributed by atoms with E-state index in [-0.39, 0.29) is 0 Å². The Morgan fingerprint density at radius 2 is 1.86 bits per heavy atom. The van der Waals surface area contributed by atoms with Crippen LogP contribution in [0.3, 0.4) is 0 Å². The Morgan fingerprint density at radius 1 is 1.19 bits per heavy atom. The molecule has 0 unspecified atom stereocenters. The lowest BCUT2D eigenvalue weighted by molar-refractivity contribution is 0.110. The second-order valence-electron chi connectivity index (χ2n) is 5.30. The van der Waals surface area contributed by atoms with E-state index in [9.17, 15) is 0 Å². The topological polar surface area (TPSA) is 59.1 Å². The van der Waals surface area contributed by atoms with Gasteiger partial charge < -0.3 is 15.4 Å². The number of thioether (sulfide) groups is 1. The van der Waals surface area contributed by atoms with Gasteiger partial charge in [0.1, 0.15) is 11.6 Å². The normalized spacial score (nSPS) is 10.9. The fourth-order valence-corrected chi connectivity index (χ4v) is 2.04. The van der Waals surface area contributed by atoms with Crippen molar-refractivity contribution in [1.82, 2.24) is 9.97 Å². The second-order valence-corrected chi connectivity index (χ2v) is 6.07. The van der Waals surface area contributed by atoms with E-state index >= 15 is 0 Å². The maximum Gasteiger partial charge on any atom is 0.191 e. The maximum absolute atomic E-state index is 5.57. The number of aromatic nitrogens is 2. The van der Waals surface area contributed by atoms with E-state index in [1.165, 1.54) is 0 Å². The van der Waals surface area contributed by atoms with Crippen molar-refractivity contribution in [3.05, 3.63) is 6.07 Å². The lowest BCUT2D eigenvalue weighted by atomic mass is 10.2. The first-order valence-electron chi connectivity index (χ1n) is 7.64. The van der Waals surface area contributed by atoms with Crippen molar-refractivity contribution < 1.29 is 4.74 Å². The molecule has 0 spiro atoms. The third-order valence-corrected chi connectivity index (χ3v) is 3.21. The zero-order valence-corrected chi connectivity index (χ0v) is 14.4. The quantitative estimate of drug-likeness (QED) is 0.370. The van der Waals surface area contributed by atoms with E-state index in [0.29, 0.717) is 5.92 Å². The van der Waals surface area contributed by atoms with Crippen molar-refractivity contribution in [3.63, 3.8) is 0 Å². The first-order valence-corrected chi connectivity index (χ1v) is 8.86. The number of rotatable bonds is 11. The zero-order valence-electron chi connectivity index (χ0n) is 13.6. The Hall–Kier alpha value is -1.01. The van der Waals surface area contributed by atoms with Crippen molar-refractivity contribution >= 4 is 23.4 Å². The predicted molar refractivity (Wildman–Crippen MR) is 91.4 cm³/mol. The van der Waals surface area contributed by atoms with Gasteiger partial charge in [0.25, 0.3) is 0 Å². The van der Waals surface area contributed by atoms with Crippen LogP contribution in [0, 0.1) is 5.92 Å². The van der Waals surface area contributed by atoms with Crippen molar-refractivity contribution in [2.24, 2.45) is 5.92 Å². The highest BCUT2D eigenvalue weighted by molar-refractivity contribution is 7.98. The van der Waals surface area contributed by atoms with Crippen LogP contribution in [0.25, 0.3) is 0 Å². The van der Waals surface area contributed by atoms with E-state index in [4.69, 9.17) is 4.74 Å². The van der Waals surface area contributed by atoms with Crippen LogP contribution in [-0.2, 0) is 4.74 Å². The molecule has 21 heavy (non-hydrogen) atoms. The number of nitrogens with one attached hydrogen (secondary N) is 2. The standard InChI is InChI=1S/C15H28N4OS/c1-5-7-16-13-10-14(19-15(18-13)21-4)17-8-6-9-20-11-12(2)3/h10,12H,5-9,11H2,1-4H3,(H2,16,17,18,19). The number of anilines is 2. The number of ether oxygens (including phenoxy) is 1. The van der Waals surface area contributed by atoms with Crippen LogP contribution >= 0.6 is 11.8 Å². The molecule has 0 aliphatic carbocycles. The summed E-state index contributed by atoms with van der Waals surface area (Å²) in [6.07, 6.45) is 4.04. The van der Waals surface area contributed by atoms with Gasteiger partial charge in [-0.15, -0.1) is 0 Å². The molecule has 0 aromatic carbocycles. The fourth-order valence-electron chi connectivity index (χ4n) is 1.66.